The molecule has 0 saturated heterocycles. The lowest BCUT2D eigenvalue weighted by Gasteiger charge is -2.16. The van der Waals surface area contributed by atoms with E-state index in [9.17, 15) is 9.90 Å². The van der Waals surface area contributed by atoms with Crippen LogP contribution in [0, 0.1) is 0 Å². The maximum Gasteiger partial charge on any atom is 0.360 e. The highest BCUT2D eigenvalue weighted by atomic mass is 16.5. The molecule has 4 N–H and O–H groups in total. The summed E-state index contributed by atoms with van der Waals surface area (Å²) in [6, 6.07) is 0. The van der Waals surface area contributed by atoms with Crippen LogP contribution in [0.1, 0.15) is 6.92 Å². The Hall–Kier alpha value is -1.85. The molecule has 0 radical (unpaired) electrons. The molecule has 72 valence electrons. The molecule has 0 spiro atoms. The van der Waals surface area contributed by atoms with Crippen molar-refractivity contribution in [3.8, 4) is 0 Å². The van der Waals surface area contributed by atoms with Crippen molar-refractivity contribution >= 4 is 5.97 Å². The van der Waals surface area contributed by atoms with Gasteiger partial charge in [-0.25, -0.2) is 4.79 Å². The molecule has 0 amide bonds. The predicted octanol–water partition coefficient (Wildman–Crippen LogP) is -0.174. The Morgan fingerprint density at radius 2 is 2.23 bits per heavy atom. The van der Waals surface area contributed by atoms with E-state index in [4.69, 9.17) is 5.11 Å². The van der Waals surface area contributed by atoms with Crippen LogP contribution >= 0.6 is 0 Å². The van der Waals surface area contributed by atoms with E-state index in [0.717, 1.165) is 6.08 Å². The molecule has 0 saturated carbocycles. The van der Waals surface area contributed by atoms with Crippen molar-refractivity contribution in [2.75, 3.05) is 6.61 Å². The molecule has 0 unspecified atom stereocenters. The van der Waals surface area contributed by atoms with Crippen LogP contribution in [-0.4, -0.2) is 22.8 Å². The number of rotatable bonds is 2. The van der Waals surface area contributed by atoms with Crippen LogP contribution in [0.3, 0.4) is 0 Å². The highest BCUT2D eigenvalue weighted by Gasteiger charge is 2.19. The Morgan fingerprint density at radius 3 is 2.77 bits per heavy atom. The van der Waals surface area contributed by atoms with Crippen molar-refractivity contribution in [2.24, 2.45) is 0 Å². The van der Waals surface area contributed by atoms with E-state index in [1.165, 1.54) is 0 Å². The third-order valence-corrected chi connectivity index (χ3v) is 1.32. The molecule has 1 aliphatic rings. The molecule has 0 fully saturated rings. The number of hydrogen-bond donors (Lipinski definition) is 4. The summed E-state index contributed by atoms with van der Waals surface area (Å²) in [6.07, 6.45) is 1.00. The van der Waals surface area contributed by atoms with Gasteiger partial charge in [-0.2, -0.15) is 0 Å². The van der Waals surface area contributed by atoms with Gasteiger partial charge in [0.05, 0.1) is 6.61 Å². The number of ether oxygens (including phenoxy) is 1. The van der Waals surface area contributed by atoms with E-state index in [0.29, 0.717) is 0 Å². The largest absolute Gasteiger partial charge is 0.505 e. The summed E-state index contributed by atoms with van der Waals surface area (Å²) in [6.45, 7) is 1.87. The number of hydrogen-bond acceptors (Lipinski definition) is 6. The van der Waals surface area contributed by atoms with Gasteiger partial charge in [-0.15, -0.1) is 0 Å². The molecule has 1 rings (SSSR count). The molecule has 1 aliphatic heterocycles. The van der Waals surface area contributed by atoms with E-state index >= 15 is 0 Å². The first kappa shape index (κ1) is 9.24. The summed E-state index contributed by atoms with van der Waals surface area (Å²) in [5.74, 6) is -1.32. The molecule has 0 aromatic heterocycles. The number of nitrogens with one attached hydrogen (secondary N) is 2. The van der Waals surface area contributed by atoms with E-state index in [2.05, 4.69) is 15.6 Å². The Bertz CT molecular complexity index is 282. The minimum atomic E-state index is -0.684. The molecule has 0 aliphatic carbocycles. The number of aliphatic hydroxyl groups excluding tert-OH is 2. The van der Waals surface area contributed by atoms with Crippen molar-refractivity contribution < 1.29 is 19.7 Å². The molecule has 6 nitrogen and oxygen atoms in total. The highest BCUT2D eigenvalue weighted by molar-refractivity contribution is 5.88. The SMILES string of the molecule is CCOC(=O)C1=C(O)C=C(O)NN1. The lowest BCUT2D eigenvalue weighted by molar-refractivity contribution is -0.139. The number of carbonyl (C=O) groups is 1. The first-order valence-corrected chi connectivity index (χ1v) is 3.68. The molecule has 13 heavy (non-hydrogen) atoms. The van der Waals surface area contributed by atoms with Gasteiger partial charge < -0.3 is 14.9 Å². The average molecular weight is 186 g/mol. The van der Waals surface area contributed by atoms with Gasteiger partial charge in [-0.05, 0) is 6.92 Å². The first-order chi connectivity index (χ1) is 6.15. The van der Waals surface area contributed by atoms with Crippen molar-refractivity contribution in [3.63, 3.8) is 0 Å². The summed E-state index contributed by atoms with van der Waals surface area (Å²) < 4.78 is 4.62. The van der Waals surface area contributed by atoms with E-state index in [1.54, 1.807) is 6.92 Å². The number of allylic oxidation sites excluding steroid dienone is 1. The Kier molecular flexibility index (Phi) is 2.63. The molecular formula is C7H10N2O4. The van der Waals surface area contributed by atoms with Crippen LogP contribution < -0.4 is 10.9 Å². The Labute approximate surface area is 74.5 Å². The van der Waals surface area contributed by atoms with E-state index in [-0.39, 0.29) is 23.9 Å². The smallest absolute Gasteiger partial charge is 0.360 e. The van der Waals surface area contributed by atoms with Crippen molar-refractivity contribution in [3.05, 3.63) is 23.4 Å². The molecular weight excluding hydrogens is 176 g/mol. The fraction of sp³-hybridized carbons (Fsp3) is 0.286. The topological polar surface area (TPSA) is 90.8 Å². The number of carbonyl (C=O) groups excluding carboxylic acids is 1. The molecule has 0 aromatic carbocycles. The minimum absolute atomic E-state index is 0.125. The van der Waals surface area contributed by atoms with Gasteiger partial charge in [-0.3, -0.25) is 10.9 Å². The molecule has 1 heterocycles. The quantitative estimate of drug-likeness (QED) is 0.447. The predicted molar refractivity (Wildman–Crippen MR) is 43.3 cm³/mol. The summed E-state index contributed by atoms with van der Waals surface area (Å²) in [7, 11) is 0. The Morgan fingerprint density at radius 1 is 1.54 bits per heavy atom. The first-order valence-electron chi connectivity index (χ1n) is 3.68. The monoisotopic (exact) mass is 186 g/mol. The van der Waals surface area contributed by atoms with Crippen LogP contribution in [0.2, 0.25) is 0 Å². The molecule has 0 atom stereocenters. The van der Waals surface area contributed by atoms with Crippen molar-refractivity contribution in [1.82, 2.24) is 10.9 Å². The molecule has 6 heteroatoms. The van der Waals surface area contributed by atoms with Gasteiger partial charge in [-0.1, -0.05) is 0 Å². The van der Waals surface area contributed by atoms with Crippen LogP contribution in [0.5, 0.6) is 0 Å². The van der Waals surface area contributed by atoms with E-state index in [1.807, 2.05) is 0 Å². The number of hydrazine groups is 1. The molecule has 0 aromatic rings. The van der Waals surface area contributed by atoms with Gasteiger partial charge in [0, 0.05) is 6.08 Å². The molecule has 0 bridgehead atoms. The van der Waals surface area contributed by atoms with Gasteiger partial charge in [0.2, 0.25) is 5.88 Å². The lowest BCUT2D eigenvalue weighted by Crippen LogP contribution is -2.38. The van der Waals surface area contributed by atoms with Crippen molar-refractivity contribution in [1.29, 1.82) is 0 Å². The van der Waals surface area contributed by atoms with Gasteiger partial charge >= 0.3 is 5.97 Å². The fourth-order valence-corrected chi connectivity index (χ4v) is 0.787. The van der Waals surface area contributed by atoms with Gasteiger partial charge in [0.15, 0.2) is 11.5 Å². The van der Waals surface area contributed by atoms with Crippen LogP contribution in [0.25, 0.3) is 0 Å². The van der Waals surface area contributed by atoms with Crippen LogP contribution in [-0.2, 0) is 9.53 Å². The van der Waals surface area contributed by atoms with Crippen LogP contribution in [0.15, 0.2) is 23.4 Å². The minimum Gasteiger partial charge on any atom is -0.505 e. The maximum atomic E-state index is 11.1. The second kappa shape index (κ2) is 3.70. The standard InChI is InChI=1S/C7H10N2O4/c1-2-13-7(12)6-4(10)3-5(11)8-9-6/h3,8-11H,2H2,1H3. The summed E-state index contributed by atoms with van der Waals surface area (Å²) in [5, 5.41) is 18.0. The zero-order valence-electron chi connectivity index (χ0n) is 7.00. The summed E-state index contributed by atoms with van der Waals surface area (Å²) >= 11 is 0. The second-order valence-electron chi connectivity index (χ2n) is 2.26. The summed E-state index contributed by atoms with van der Waals surface area (Å²) in [4.78, 5) is 11.1. The van der Waals surface area contributed by atoms with Gasteiger partial charge in [0.1, 0.15) is 0 Å². The number of esters is 1. The van der Waals surface area contributed by atoms with Crippen molar-refractivity contribution in [2.45, 2.75) is 6.92 Å². The lowest BCUT2D eigenvalue weighted by atomic mass is 10.3. The van der Waals surface area contributed by atoms with Crippen LogP contribution in [0.4, 0.5) is 0 Å². The summed E-state index contributed by atoms with van der Waals surface area (Å²) in [5.41, 5.74) is 4.41. The zero-order valence-corrected chi connectivity index (χ0v) is 7.00. The van der Waals surface area contributed by atoms with Gasteiger partial charge in [0.25, 0.3) is 0 Å². The van der Waals surface area contributed by atoms with E-state index < -0.39 is 5.97 Å². The normalized spacial score (nSPS) is 15.6. The maximum absolute atomic E-state index is 11.1. The second-order valence-corrected chi connectivity index (χ2v) is 2.26. The third-order valence-electron chi connectivity index (χ3n) is 1.32. The fourth-order valence-electron chi connectivity index (χ4n) is 0.787. The third kappa shape index (κ3) is 2.05. The average Bonchev–Trinajstić information content (AvgIpc) is 2.04. The highest BCUT2D eigenvalue weighted by Crippen LogP contribution is 2.06. The number of aliphatic hydroxyl groups is 2. The zero-order chi connectivity index (χ0) is 9.84. The Balaban J connectivity index is 2.79.